The van der Waals surface area contributed by atoms with Gasteiger partial charge in [0.05, 0.1) is 54.5 Å². The molecule has 0 atom stereocenters. The van der Waals surface area contributed by atoms with E-state index in [-0.39, 0.29) is 0 Å². The van der Waals surface area contributed by atoms with Crippen molar-refractivity contribution < 1.29 is 19.2 Å². The number of aliphatic hydroxyl groups excluding tert-OH is 2. The molecule has 0 radical (unpaired) electrons. The van der Waals surface area contributed by atoms with Crippen LogP contribution in [0.1, 0.15) is 51.4 Å². The van der Waals surface area contributed by atoms with Gasteiger partial charge in [0.2, 0.25) is 0 Å². The Hall–Kier alpha value is -0.160. The van der Waals surface area contributed by atoms with Gasteiger partial charge in [-0.1, -0.05) is 25.7 Å². The summed E-state index contributed by atoms with van der Waals surface area (Å²) in [5.41, 5.74) is 0. The van der Waals surface area contributed by atoms with Crippen LogP contribution in [0.5, 0.6) is 0 Å². The third-order valence-electron chi connectivity index (χ3n) is 4.69. The van der Waals surface area contributed by atoms with Gasteiger partial charge in [-0.3, -0.25) is 0 Å². The van der Waals surface area contributed by atoms with Crippen LogP contribution in [0, 0.1) is 0 Å². The van der Waals surface area contributed by atoms with Gasteiger partial charge < -0.3 is 19.2 Å². The summed E-state index contributed by atoms with van der Waals surface area (Å²) in [6.07, 6.45) is 10.6. The van der Waals surface area contributed by atoms with Gasteiger partial charge in [0, 0.05) is 0 Å². The molecule has 4 heteroatoms. The number of rotatable bonds is 15. The zero-order valence-electron chi connectivity index (χ0n) is 15.7. The summed E-state index contributed by atoms with van der Waals surface area (Å²) >= 11 is 0. The molecule has 0 bridgehead atoms. The molecule has 2 N–H and O–H groups in total. The number of likely N-dealkylation sites (N-methyl/N-ethyl adjacent to an activating group) is 2. The van der Waals surface area contributed by atoms with Crippen molar-refractivity contribution in [2.24, 2.45) is 0 Å². The van der Waals surface area contributed by atoms with Gasteiger partial charge in [-0.25, -0.2) is 0 Å². The number of nitrogens with zero attached hydrogens (tertiary/aromatic N) is 2. The van der Waals surface area contributed by atoms with E-state index < -0.39 is 0 Å². The summed E-state index contributed by atoms with van der Waals surface area (Å²) in [5.74, 6) is 0. The standard InChI is InChI=1S/C18H42N2O2/c1-19(2,15-17-21)13-11-9-7-5-6-8-10-12-14-20(3,4)16-18-22/h21-22H,5-18H2,1-4H3/q+2. The third-order valence-corrected chi connectivity index (χ3v) is 4.69. The normalized spacial score (nSPS) is 12.8. The number of aliphatic hydroxyl groups is 2. The SMILES string of the molecule is C[N+](C)(CCO)CCCCCCCCCC[N+](C)(C)CCO. The van der Waals surface area contributed by atoms with E-state index in [2.05, 4.69) is 28.2 Å². The molecule has 0 fully saturated rings. The van der Waals surface area contributed by atoms with Crippen LogP contribution in [0.15, 0.2) is 0 Å². The Morgan fingerprint density at radius 3 is 1.00 bits per heavy atom. The Kier molecular flexibility index (Phi) is 12.2. The van der Waals surface area contributed by atoms with Gasteiger partial charge in [-0.05, 0) is 25.7 Å². The van der Waals surface area contributed by atoms with E-state index in [9.17, 15) is 0 Å². The quantitative estimate of drug-likeness (QED) is 0.359. The van der Waals surface area contributed by atoms with E-state index in [1.807, 2.05) is 0 Å². The summed E-state index contributed by atoms with van der Waals surface area (Å²) in [6.45, 7) is 4.68. The van der Waals surface area contributed by atoms with Crippen LogP contribution in [0.3, 0.4) is 0 Å². The molecule has 0 aromatic heterocycles. The van der Waals surface area contributed by atoms with Crippen molar-refractivity contribution >= 4 is 0 Å². The lowest BCUT2D eigenvalue weighted by atomic mass is 10.1. The minimum Gasteiger partial charge on any atom is -0.391 e. The van der Waals surface area contributed by atoms with Gasteiger partial charge in [0.1, 0.15) is 13.1 Å². The molecule has 22 heavy (non-hydrogen) atoms. The molecular formula is C18H42N2O2+2. The zero-order chi connectivity index (χ0) is 16.9. The lowest BCUT2D eigenvalue weighted by Crippen LogP contribution is -2.42. The van der Waals surface area contributed by atoms with Crippen molar-refractivity contribution in [3.8, 4) is 0 Å². The van der Waals surface area contributed by atoms with Crippen LogP contribution in [-0.4, -0.2) is 86.8 Å². The van der Waals surface area contributed by atoms with Crippen molar-refractivity contribution in [1.29, 1.82) is 0 Å². The fourth-order valence-corrected chi connectivity index (χ4v) is 2.91. The van der Waals surface area contributed by atoms with Crippen LogP contribution in [0.4, 0.5) is 0 Å². The number of quaternary nitrogens is 2. The zero-order valence-corrected chi connectivity index (χ0v) is 15.7. The summed E-state index contributed by atoms with van der Waals surface area (Å²) in [4.78, 5) is 0. The fraction of sp³-hybridized carbons (Fsp3) is 1.00. The molecule has 0 saturated carbocycles. The maximum Gasteiger partial charge on any atom is 0.102 e. The molecule has 0 saturated heterocycles. The highest BCUT2D eigenvalue weighted by Gasteiger charge is 2.13. The number of hydrogen-bond acceptors (Lipinski definition) is 2. The number of hydrogen-bond donors (Lipinski definition) is 2. The Morgan fingerprint density at radius 2 is 0.727 bits per heavy atom. The smallest absolute Gasteiger partial charge is 0.102 e. The summed E-state index contributed by atoms with van der Waals surface area (Å²) in [7, 11) is 8.81. The van der Waals surface area contributed by atoms with E-state index in [1.165, 1.54) is 64.5 Å². The van der Waals surface area contributed by atoms with Crippen LogP contribution >= 0.6 is 0 Å². The highest BCUT2D eigenvalue weighted by Crippen LogP contribution is 2.11. The average molecular weight is 319 g/mol. The maximum atomic E-state index is 9.00. The first-order valence-electron chi connectivity index (χ1n) is 9.19. The molecule has 0 amide bonds. The summed E-state index contributed by atoms with van der Waals surface area (Å²) in [6, 6.07) is 0. The van der Waals surface area contributed by atoms with E-state index in [4.69, 9.17) is 10.2 Å². The van der Waals surface area contributed by atoms with E-state index in [1.54, 1.807) is 0 Å². The minimum absolute atomic E-state index is 0.292. The minimum atomic E-state index is 0.292. The molecule has 0 spiro atoms. The van der Waals surface area contributed by atoms with Gasteiger partial charge in [0.15, 0.2) is 0 Å². The Labute approximate surface area is 138 Å². The molecule has 0 aliphatic rings. The van der Waals surface area contributed by atoms with Gasteiger partial charge in [-0.2, -0.15) is 0 Å². The first-order chi connectivity index (χ1) is 10.3. The van der Waals surface area contributed by atoms with Gasteiger partial charge >= 0.3 is 0 Å². The van der Waals surface area contributed by atoms with E-state index in [0.29, 0.717) is 13.2 Å². The maximum absolute atomic E-state index is 9.00. The van der Waals surface area contributed by atoms with Crippen LogP contribution < -0.4 is 0 Å². The monoisotopic (exact) mass is 318 g/mol. The third kappa shape index (κ3) is 13.5. The average Bonchev–Trinajstić information content (AvgIpc) is 2.40. The molecule has 0 aliphatic heterocycles. The second-order valence-corrected chi connectivity index (χ2v) is 8.04. The lowest BCUT2D eigenvalue weighted by molar-refractivity contribution is -0.890. The van der Waals surface area contributed by atoms with Crippen molar-refractivity contribution in [3.63, 3.8) is 0 Å². The van der Waals surface area contributed by atoms with E-state index >= 15 is 0 Å². The van der Waals surface area contributed by atoms with Crippen molar-refractivity contribution in [3.05, 3.63) is 0 Å². The fourth-order valence-electron chi connectivity index (χ4n) is 2.91. The lowest BCUT2D eigenvalue weighted by Gasteiger charge is -2.29. The summed E-state index contributed by atoms with van der Waals surface area (Å²) < 4.78 is 1.89. The molecule has 134 valence electrons. The highest BCUT2D eigenvalue weighted by atomic mass is 16.3. The molecule has 0 aliphatic carbocycles. The molecule has 0 heterocycles. The highest BCUT2D eigenvalue weighted by molar-refractivity contribution is 4.48. The van der Waals surface area contributed by atoms with E-state index in [0.717, 1.165) is 22.1 Å². The van der Waals surface area contributed by atoms with Gasteiger partial charge in [0.25, 0.3) is 0 Å². The number of unbranched alkanes of at least 4 members (excludes halogenated alkanes) is 7. The Morgan fingerprint density at radius 1 is 0.455 bits per heavy atom. The second kappa shape index (κ2) is 12.3. The van der Waals surface area contributed by atoms with Gasteiger partial charge in [-0.15, -0.1) is 0 Å². The molecule has 0 unspecified atom stereocenters. The molecule has 0 aromatic rings. The second-order valence-electron chi connectivity index (χ2n) is 8.04. The first-order valence-corrected chi connectivity index (χ1v) is 9.19. The molecule has 4 nitrogen and oxygen atoms in total. The van der Waals surface area contributed by atoms with Crippen LogP contribution in [0.25, 0.3) is 0 Å². The topological polar surface area (TPSA) is 40.5 Å². The predicted molar refractivity (Wildman–Crippen MR) is 94.8 cm³/mol. The Balaban J connectivity index is 3.34. The molecular weight excluding hydrogens is 276 g/mol. The van der Waals surface area contributed by atoms with Crippen molar-refractivity contribution in [2.45, 2.75) is 51.4 Å². The van der Waals surface area contributed by atoms with Crippen molar-refractivity contribution in [1.82, 2.24) is 0 Å². The molecule has 0 rings (SSSR count). The first kappa shape index (κ1) is 21.8. The largest absolute Gasteiger partial charge is 0.391 e. The summed E-state index contributed by atoms with van der Waals surface area (Å²) in [5, 5.41) is 18.0. The Bertz CT molecular complexity index is 229. The predicted octanol–water partition coefficient (Wildman–Crippen LogP) is 2.24. The van der Waals surface area contributed by atoms with Crippen LogP contribution in [-0.2, 0) is 0 Å². The van der Waals surface area contributed by atoms with Crippen LogP contribution in [0.2, 0.25) is 0 Å². The van der Waals surface area contributed by atoms with Crippen molar-refractivity contribution in [2.75, 3.05) is 67.6 Å². The molecule has 0 aromatic carbocycles.